The van der Waals surface area contributed by atoms with Gasteiger partial charge in [-0.15, -0.1) is 0 Å². The number of carbonyl (C=O) groups is 3. The van der Waals surface area contributed by atoms with E-state index in [0.29, 0.717) is 35.0 Å². The zero-order valence-corrected chi connectivity index (χ0v) is 19.4. The summed E-state index contributed by atoms with van der Waals surface area (Å²) in [5.41, 5.74) is -0.0107. The van der Waals surface area contributed by atoms with Crippen molar-refractivity contribution < 1.29 is 24.6 Å². The summed E-state index contributed by atoms with van der Waals surface area (Å²) < 4.78 is 0.361. The van der Waals surface area contributed by atoms with Gasteiger partial charge >= 0.3 is 5.97 Å². The summed E-state index contributed by atoms with van der Waals surface area (Å²) in [6.07, 6.45) is 6.45. The number of carboxylic acids is 1. The van der Waals surface area contributed by atoms with E-state index in [2.05, 4.69) is 36.4 Å². The molecule has 4 aliphatic rings. The number of rotatable bonds is 4. The molecule has 3 saturated carbocycles. The number of carbonyl (C=O) groups excluding carboxylic acids is 2. The standard InChI is InChI=1S/C23H31IO5/c1-21-10-18(26)17(25)9-13(21)3-4-14-15(21)5-7-22(2)16(14)6-8-23(22,11-20(28)29)19(27)12-24/h9,14-16,18,26H,3-8,10-12H2,1-2H3,(H,28,29)/t14-,15+,16+,18?,21+,22+,23+/m1/s1. The van der Waals surface area contributed by atoms with Gasteiger partial charge in [0.2, 0.25) is 0 Å². The Morgan fingerprint density at radius 3 is 2.52 bits per heavy atom. The molecule has 0 radical (unpaired) electrons. The van der Waals surface area contributed by atoms with Crippen molar-refractivity contribution in [3.8, 4) is 0 Å². The number of aliphatic hydroxyl groups is 1. The molecule has 1 unspecified atom stereocenters. The molecule has 2 N–H and O–H groups in total. The Morgan fingerprint density at radius 2 is 1.86 bits per heavy atom. The molecule has 0 aromatic heterocycles. The van der Waals surface area contributed by atoms with Crippen LogP contribution in [0, 0.1) is 34.0 Å². The fraction of sp³-hybridized carbons (Fsp3) is 0.783. The summed E-state index contributed by atoms with van der Waals surface area (Å²) >= 11 is 2.09. The largest absolute Gasteiger partial charge is 0.481 e. The Hall–Kier alpha value is -0.760. The summed E-state index contributed by atoms with van der Waals surface area (Å²) in [6.45, 7) is 4.39. The average Bonchev–Trinajstić information content (AvgIpc) is 2.95. The van der Waals surface area contributed by atoms with Crippen LogP contribution in [0.15, 0.2) is 11.6 Å². The molecule has 7 atom stereocenters. The lowest BCUT2D eigenvalue weighted by molar-refractivity contribution is -0.155. The van der Waals surface area contributed by atoms with Crippen LogP contribution in [0.2, 0.25) is 0 Å². The first-order chi connectivity index (χ1) is 13.6. The third-order valence-electron chi connectivity index (χ3n) is 9.47. The van der Waals surface area contributed by atoms with Crippen LogP contribution in [0.4, 0.5) is 0 Å². The molecule has 0 heterocycles. The highest BCUT2D eigenvalue weighted by Crippen LogP contribution is 2.70. The van der Waals surface area contributed by atoms with E-state index in [1.165, 1.54) is 5.57 Å². The second kappa shape index (κ2) is 7.14. The molecular weight excluding hydrogens is 483 g/mol. The Bertz CT molecular complexity index is 790. The predicted octanol–water partition coefficient (Wildman–Crippen LogP) is 3.95. The zero-order chi connectivity index (χ0) is 21.2. The van der Waals surface area contributed by atoms with Gasteiger partial charge in [0.05, 0.1) is 10.8 Å². The van der Waals surface area contributed by atoms with Crippen LogP contribution in [-0.4, -0.2) is 38.3 Å². The summed E-state index contributed by atoms with van der Waals surface area (Å²) in [7, 11) is 0. The highest BCUT2D eigenvalue weighted by molar-refractivity contribution is 14.1. The maximum Gasteiger partial charge on any atom is 0.304 e. The van der Waals surface area contributed by atoms with E-state index < -0.39 is 17.5 Å². The van der Waals surface area contributed by atoms with Crippen molar-refractivity contribution in [3.63, 3.8) is 0 Å². The Morgan fingerprint density at radius 1 is 1.17 bits per heavy atom. The van der Waals surface area contributed by atoms with Crippen LogP contribution in [0.25, 0.3) is 0 Å². The number of aliphatic carboxylic acids is 1. The first kappa shape index (κ1) is 21.5. The van der Waals surface area contributed by atoms with Crippen LogP contribution in [-0.2, 0) is 14.4 Å². The van der Waals surface area contributed by atoms with Gasteiger partial charge in [0.15, 0.2) is 5.78 Å². The van der Waals surface area contributed by atoms with Crippen molar-refractivity contribution in [2.24, 2.45) is 34.0 Å². The lowest BCUT2D eigenvalue weighted by Gasteiger charge is -2.59. The van der Waals surface area contributed by atoms with E-state index in [1.807, 2.05) is 0 Å². The number of allylic oxidation sites excluding steroid dienone is 1. The molecule has 29 heavy (non-hydrogen) atoms. The lowest BCUT2D eigenvalue weighted by atomic mass is 9.44. The molecule has 0 bridgehead atoms. The number of hydrogen-bond acceptors (Lipinski definition) is 4. The molecular formula is C23H31IO5. The summed E-state index contributed by atoms with van der Waals surface area (Å²) in [5.74, 6) is 0.214. The minimum atomic E-state index is -0.911. The summed E-state index contributed by atoms with van der Waals surface area (Å²) in [5, 5.41) is 19.9. The lowest BCUT2D eigenvalue weighted by Crippen LogP contribution is -2.56. The fourth-order valence-corrected chi connectivity index (χ4v) is 8.71. The molecule has 3 fully saturated rings. The van der Waals surface area contributed by atoms with E-state index in [4.69, 9.17) is 0 Å². The van der Waals surface area contributed by atoms with Gasteiger partial charge in [-0.2, -0.15) is 0 Å². The Labute approximate surface area is 185 Å². The van der Waals surface area contributed by atoms with Crippen LogP contribution in [0.5, 0.6) is 0 Å². The second-order valence-corrected chi connectivity index (χ2v) is 11.1. The van der Waals surface area contributed by atoms with Crippen LogP contribution in [0.1, 0.15) is 65.2 Å². The number of Topliss-reactive ketones (excluding diaryl/α,β-unsaturated/α-hetero) is 1. The number of halogens is 1. The summed E-state index contributed by atoms with van der Waals surface area (Å²) in [6, 6.07) is 0. The Balaban J connectivity index is 1.71. The van der Waals surface area contributed by atoms with Gasteiger partial charge in [-0.3, -0.25) is 14.4 Å². The number of aliphatic hydroxyl groups excluding tert-OH is 1. The molecule has 0 spiro atoms. The van der Waals surface area contributed by atoms with Gasteiger partial charge in [-0.25, -0.2) is 0 Å². The number of ketones is 2. The fourth-order valence-electron chi connectivity index (χ4n) is 7.98. The van der Waals surface area contributed by atoms with Crippen LogP contribution >= 0.6 is 22.6 Å². The minimum absolute atomic E-state index is 0.0607. The van der Waals surface area contributed by atoms with E-state index in [-0.39, 0.29) is 28.8 Å². The number of fused-ring (bicyclic) bond motifs is 5. The van der Waals surface area contributed by atoms with Gasteiger partial charge < -0.3 is 10.2 Å². The van der Waals surface area contributed by atoms with Gasteiger partial charge in [-0.05, 0) is 79.6 Å². The monoisotopic (exact) mass is 514 g/mol. The van der Waals surface area contributed by atoms with Gasteiger partial charge in [0, 0.05) is 5.41 Å². The van der Waals surface area contributed by atoms with Crippen molar-refractivity contribution in [2.75, 3.05) is 4.43 Å². The van der Waals surface area contributed by atoms with Crippen molar-refractivity contribution in [2.45, 2.75) is 71.3 Å². The number of alkyl halides is 1. The van der Waals surface area contributed by atoms with Gasteiger partial charge in [-0.1, -0.05) is 42.0 Å². The number of carboxylic acid groups (broad SMARTS) is 1. The average molecular weight is 514 g/mol. The smallest absolute Gasteiger partial charge is 0.304 e. The van der Waals surface area contributed by atoms with Crippen LogP contribution < -0.4 is 0 Å². The molecule has 160 valence electrons. The zero-order valence-electron chi connectivity index (χ0n) is 17.2. The number of hydrogen-bond donors (Lipinski definition) is 2. The molecule has 0 aliphatic heterocycles. The van der Waals surface area contributed by atoms with Crippen molar-refractivity contribution >= 4 is 40.1 Å². The quantitative estimate of drug-likeness (QED) is 0.438. The predicted molar refractivity (Wildman–Crippen MR) is 117 cm³/mol. The van der Waals surface area contributed by atoms with E-state index >= 15 is 0 Å². The van der Waals surface area contributed by atoms with E-state index in [1.54, 1.807) is 6.08 Å². The highest BCUT2D eigenvalue weighted by atomic mass is 127. The molecule has 5 nitrogen and oxygen atoms in total. The minimum Gasteiger partial charge on any atom is -0.481 e. The SMILES string of the molecule is C[C@]12CC(O)C(=O)C=C1CC[C@@H]1[C@@H]2CC[C@@]2(C)[C@H]1CC[C@]2(CC(=O)O)C(=O)CI. The molecule has 4 aliphatic carbocycles. The Kier molecular flexibility index (Phi) is 5.29. The van der Waals surface area contributed by atoms with Crippen LogP contribution in [0.3, 0.4) is 0 Å². The topological polar surface area (TPSA) is 91.7 Å². The van der Waals surface area contributed by atoms with E-state index in [9.17, 15) is 24.6 Å². The van der Waals surface area contributed by atoms with Gasteiger partial charge in [0.1, 0.15) is 11.9 Å². The first-order valence-electron chi connectivity index (χ1n) is 10.8. The molecule has 0 saturated heterocycles. The normalized spacial score (nSPS) is 46.3. The molecule has 0 amide bonds. The first-order valence-corrected chi connectivity index (χ1v) is 12.4. The maximum absolute atomic E-state index is 13.1. The molecule has 0 aromatic carbocycles. The van der Waals surface area contributed by atoms with E-state index in [0.717, 1.165) is 32.1 Å². The third-order valence-corrected chi connectivity index (χ3v) is 10.2. The molecule has 0 aromatic rings. The van der Waals surface area contributed by atoms with Gasteiger partial charge in [0.25, 0.3) is 0 Å². The van der Waals surface area contributed by atoms with Crippen molar-refractivity contribution in [1.29, 1.82) is 0 Å². The highest BCUT2D eigenvalue weighted by Gasteiger charge is 2.66. The third kappa shape index (κ3) is 2.91. The van der Waals surface area contributed by atoms with Crippen molar-refractivity contribution in [3.05, 3.63) is 11.6 Å². The maximum atomic E-state index is 13.1. The van der Waals surface area contributed by atoms with Crippen molar-refractivity contribution in [1.82, 2.24) is 0 Å². The second-order valence-electron chi connectivity index (χ2n) is 10.3. The molecule has 4 rings (SSSR count). The molecule has 6 heteroatoms. The summed E-state index contributed by atoms with van der Waals surface area (Å²) in [4.78, 5) is 36.9.